The molecule has 1 fully saturated rings. The second kappa shape index (κ2) is 8.37. The number of carboxylic acids is 2. The maximum absolute atomic E-state index is 12.7. The van der Waals surface area contributed by atoms with Crippen molar-refractivity contribution >= 4 is 58.2 Å². The molecule has 0 spiro atoms. The highest BCUT2D eigenvalue weighted by Crippen LogP contribution is 2.36. The van der Waals surface area contributed by atoms with Crippen LogP contribution in [0.15, 0.2) is 63.9 Å². The van der Waals surface area contributed by atoms with Crippen molar-refractivity contribution < 1.29 is 33.8 Å². The van der Waals surface area contributed by atoms with Crippen molar-refractivity contribution in [2.24, 2.45) is 0 Å². The van der Waals surface area contributed by atoms with E-state index >= 15 is 0 Å². The Hall–Kier alpha value is -3.82. The third-order valence-electron chi connectivity index (χ3n) is 4.49. The Labute approximate surface area is 189 Å². The number of hydrogen-bond donors (Lipinski definition) is 2. The Kier molecular flexibility index (Phi) is 5.60. The third kappa shape index (κ3) is 4.16. The first-order valence-corrected chi connectivity index (χ1v) is 10.2. The molecule has 32 heavy (non-hydrogen) atoms. The van der Waals surface area contributed by atoms with Gasteiger partial charge in [-0.15, -0.1) is 0 Å². The van der Waals surface area contributed by atoms with Gasteiger partial charge in [-0.05, 0) is 66.4 Å². The minimum Gasteiger partial charge on any atom is -0.478 e. The normalized spacial score (nSPS) is 14.9. The highest BCUT2D eigenvalue weighted by Gasteiger charge is 2.36. The minimum absolute atomic E-state index is 0.136. The van der Waals surface area contributed by atoms with Crippen molar-refractivity contribution in [3.05, 3.63) is 81.4 Å². The summed E-state index contributed by atoms with van der Waals surface area (Å²) in [5, 5.41) is 18.4. The smallest absolute Gasteiger partial charge is 0.335 e. The predicted octanol–water partition coefficient (Wildman–Crippen LogP) is 5.24. The number of carboxylic acid groups (broad SMARTS) is 2. The Morgan fingerprint density at radius 3 is 2.16 bits per heavy atom. The second-order valence-corrected chi connectivity index (χ2v) is 8.03. The van der Waals surface area contributed by atoms with Gasteiger partial charge in [-0.25, -0.2) is 14.5 Å². The largest absolute Gasteiger partial charge is 0.478 e. The molecule has 1 aliphatic rings. The summed E-state index contributed by atoms with van der Waals surface area (Å²) in [5.41, 5.74) is 0.215. The molecule has 1 aliphatic heterocycles. The van der Waals surface area contributed by atoms with Crippen molar-refractivity contribution in [3.63, 3.8) is 0 Å². The Morgan fingerprint density at radius 1 is 0.938 bits per heavy atom. The number of amides is 2. The molecule has 3 aromatic rings. The van der Waals surface area contributed by atoms with Gasteiger partial charge in [0.25, 0.3) is 11.1 Å². The Balaban J connectivity index is 1.64. The first-order chi connectivity index (χ1) is 15.2. The third-order valence-corrected chi connectivity index (χ3v) is 5.61. The van der Waals surface area contributed by atoms with Crippen molar-refractivity contribution in [3.8, 4) is 11.3 Å². The van der Waals surface area contributed by atoms with Crippen molar-refractivity contribution in [2.75, 3.05) is 4.90 Å². The number of nitrogens with zero attached hydrogens (tertiary/aromatic N) is 1. The molecule has 1 aromatic heterocycles. The summed E-state index contributed by atoms with van der Waals surface area (Å²) in [7, 11) is 0. The van der Waals surface area contributed by atoms with Crippen LogP contribution in [-0.4, -0.2) is 33.3 Å². The maximum Gasteiger partial charge on any atom is 0.335 e. The van der Waals surface area contributed by atoms with Crippen molar-refractivity contribution in [1.29, 1.82) is 0 Å². The van der Waals surface area contributed by atoms with E-state index in [-0.39, 0.29) is 33.1 Å². The summed E-state index contributed by atoms with van der Waals surface area (Å²) in [6.45, 7) is 0. The van der Waals surface area contributed by atoms with Crippen LogP contribution in [-0.2, 0) is 4.79 Å². The van der Waals surface area contributed by atoms with Gasteiger partial charge >= 0.3 is 11.9 Å². The fraction of sp³-hybridized carbons (Fsp3) is 0. The average Bonchev–Trinajstić information content (AvgIpc) is 3.33. The van der Waals surface area contributed by atoms with Crippen LogP contribution in [0.2, 0.25) is 5.02 Å². The fourth-order valence-corrected chi connectivity index (χ4v) is 3.96. The van der Waals surface area contributed by atoms with E-state index in [0.29, 0.717) is 10.7 Å². The summed E-state index contributed by atoms with van der Waals surface area (Å²) in [6.07, 6.45) is 1.39. The Bertz CT molecular complexity index is 1280. The van der Waals surface area contributed by atoms with E-state index in [0.717, 1.165) is 22.7 Å². The molecule has 2 N–H and O–H groups in total. The zero-order chi connectivity index (χ0) is 23.0. The lowest BCUT2D eigenvalue weighted by molar-refractivity contribution is -0.113. The molecule has 2 heterocycles. The van der Waals surface area contributed by atoms with Gasteiger partial charge in [0.1, 0.15) is 11.5 Å². The molecule has 0 radical (unpaired) electrons. The van der Waals surface area contributed by atoms with Crippen LogP contribution in [0.25, 0.3) is 17.4 Å². The maximum atomic E-state index is 12.7. The van der Waals surface area contributed by atoms with E-state index in [1.54, 1.807) is 24.3 Å². The van der Waals surface area contributed by atoms with Crippen LogP contribution >= 0.6 is 23.4 Å². The molecule has 0 saturated carbocycles. The lowest BCUT2D eigenvalue weighted by Crippen LogP contribution is -2.27. The second-order valence-electron chi connectivity index (χ2n) is 6.60. The fourth-order valence-electron chi connectivity index (χ4n) is 3.01. The highest BCUT2D eigenvalue weighted by atomic mass is 35.5. The van der Waals surface area contributed by atoms with Crippen LogP contribution in [0.5, 0.6) is 0 Å². The van der Waals surface area contributed by atoms with Crippen LogP contribution in [0.1, 0.15) is 26.5 Å². The number of hydrogen-bond acceptors (Lipinski definition) is 6. The van der Waals surface area contributed by atoms with Crippen molar-refractivity contribution in [1.82, 2.24) is 0 Å². The highest BCUT2D eigenvalue weighted by molar-refractivity contribution is 8.19. The summed E-state index contributed by atoms with van der Waals surface area (Å²) >= 11 is 6.60. The topological polar surface area (TPSA) is 125 Å². The SMILES string of the molecule is O=C(O)c1cc(C(=O)O)cc(-c2ccc(/C=C3\SC(=O)N(c4ccc(Cl)cc4)C3=O)o2)c1. The molecule has 10 heteroatoms. The van der Waals surface area contributed by atoms with Gasteiger partial charge in [0.15, 0.2) is 0 Å². The van der Waals surface area contributed by atoms with E-state index in [2.05, 4.69) is 0 Å². The van der Waals surface area contributed by atoms with Gasteiger partial charge in [-0.2, -0.15) is 0 Å². The molecule has 160 valence electrons. The molecular formula is C22H12ClNO7S. The van der Waals surface area contributed by atoms with E-state index in [1.807, 2.05) is 0 Å². The molecule has 0 bridgehead atoms. The first kappa shape index (κ1) is 21.4. The summed E-state index contributed by atoms with van der Waals surface area (Å²) in [6, 6.07) is 12.9. The molecule has 8 nitrogen and oxygen atoms in total. The van der Waals surface area contributed by atoms with E-state index in [1.165, 1.54) is 30.3 Å². The van der Waals surface area contributed by atoms with E-state index in [4.69, 9.17) is 16.0 Å². The van der Waals surface area contributed by atoms with Crippen molar-refractivity contribution in [2.45, 2.75) is 0 Å². The zero-order valence-electron chi connectivity index (χ0n) is 15.9. The molecule has 2 aromatic carbocycles. The van der Waals surface area contributed by atoms with Gasteiger partial charge in [0, 0.05) is 16.7 Å². The monoisotopic (exact) mass is 469 g/mol. The molecule has 0 atom stereocenters. The number of imide groups is 1. The lowest BCUT2D eigenvalue weighted by atomic mass is 10.0. The Morgan fingerprint density at radius 2 is 1.56 bits per heavy atom. The number of halogens is 1. The minimum atomic E-state index is -1.28. The van der Waals surface area contributed by atoms with E-state index < -0.39 is 23.1 Å². The number of rotatable bonds is 5. The summed E-state index contributed by atoms with van der Waals surface area (Å²) < 4.78 is 5.67. The molecular weight excluding hydrogens is 458 g/mol. The number of furan rings is 1. The number of aromatic carboxylic acids is 2. The van der Waals surface area contributed by atoms with E-state index in [9.17, 15) is 29.4 Å². The molecule has 0 unspecified atom stereocenters. The quantitative estimate of drug-likeness (QED) is 0.486. The zero-order valence-corrected chi connectivity index (χ0v) is 17.5. The summed E-state index contributed by atoms with van der Waals surface area (Å²) in [4.78, 5) is 48.9. The number of thioether (sulfide) groups is 1. The number of carbonyl (C=O) groups is 4. The first-order valence-electron chi connectivity index (χ1n) is 8.98. The van der Waals surface area contributed by atoms with Crippen LogP contribution in [0.3, 0.4) is 0 Å². The van der Waals surface area contributed by atoms with Gasteiger partial charge in [0.05, 0.1) is 21.7 Å². The van der Waals surface area contributed by atoms with Gasteiger partial charge in [-0.1, -0.05) is 11.6 Å². The summed E-state index contributed by atoms with van der Waals surface area (Å²) in [5.74, 6) is -2.65. The molecule has 2 amide bonds. The standard InChI is InChI=1S/C22H12ClNO7S/c23-14-1-3-15(4-2-14)24-19(25)18(32-22(24)30)10-16-5-6-17(31-16)11-7-12(20(26)27)9-13(8-11)21(28)29/h1-10H,(H,26,27)(H,28,29)/b18-10-. The number of anilines is 1. The molecule has 1 saturated heterocycles. The molecule has 0 aliphatic carbocycles. The van der Waals surface area contributed by atoms with Crippen LogP contribution in [0.4, 0.5) is 10.5 Å². The molecule has 4 rings (SSSR count). The van der Waals surface area contributed by atoms with Gasteiger partial charge < -0.3 is 14.6 Å². The van der Waals surface area contributed by atoms with Crippen LogP contribution < -0.4 is 4.90 Å². The lowest BCUT2D eigenvalue weighted by Gasteiger charge is -2.11. The number of benzene rings is 2. The van der Waals surface area contributed by atoms with Gasteiger partial charge in [-0.3, -0.25) is 9.59 Å². The predicted molar refractivity (Wildman–Crippen MR) is 118 cm³/mol. The average molecular weight is 470 g/mol. The number of carbonyl (C=O) groups excluding carboxylic acids is 2. The van der Waals surface area contributed by atoms with Crippen LogP contribution in [0, 0.1) is 0 Å². The van der Waals surface area contributed by atoms with Gasteiger partial charge in [0.2, 0.25) is 0 Å².